The van der Waals surface area contributed by atoms with Crippen molar-refractivity contribution in [3.63, 3.8) is 0 Å². The van der Waals surface area contributed by atoms with Crippen LogP contribution in [0.1, 0.15) is 6.42 Å². The van der Waals surface area contributed by atoms with Gasteiger partial charge in [-0.1, -0.05) is 23.3 Å². The first-order valence-electron chi connectivity index (χ1n) is 6.46. The van der Waals surface area contributed by atoms with E-state index < -0.39 is 16.1 Å². The maximum atomic E-state index is 12.4. The zero-order chi connectivity index (χ0) is 14.7. The number of rotatable bonds is 5. The average molecular weight is 310 g/mol. The highest BCUT2D eigenvalue weighted by Gasteiger charge is 2.26. The van der Waals surface area contributed by atoms with Crippen LogP contribution in [0.25, 0.3) is 5.69 Å². The first kappa shape index (κ1) is 14.1. The van der Waals surface area contributed by atoms with Crippen LogP contribution in [-0.4, -0.2) is 53.9 Å². The van der Waals surface area contributed by atoms with Gasteiger partial charge in [0.25, 0.3) is 5.16 Å². The minimum Gasteiger partial charge on any atom is -0.350 e. The largest absolute Gasteiger partial charge is 0.350 e. The second-order valence-electron chi connectivity index (χ2n) is 4.49. The molecule has 1 fully saturated rings. The Bertz CT molecular complexity index is 695. The molecule has 8 nitrogen and oxygen atoms in total. The molecule has 0 amide bonds. The summed E-state index contributed by atoms with van der Waals surface area (Å²) in [6, 6.07) is 8.87. The summed E-state index contributed by atoms with van der Waals surface area (Å²) in [6.45, 7) is 0.985. The molecule has 0 N–H and O–H groups in total. The third-order valence-corrected chi connectivity index (χ3v) is 4.62. The Labute approximate surface area is 121 Å². The van der Waals surface area contributed by atoms with E-state index in [0.29, 0.717) is 18.9 Å². The van der Waals surface area contributed by atoms with Gasteiger partial charge >= 0.3 is 0 Å². The Hall–Kier alpha value is -1.84. The number of hydrogen-bond donors (Lipinski definition) is 0. The quantitative estimate of drug-likeness (QED) is 0.778. The lowest BCUT2D eigenvalue weighted by molar-refractivity contribution is -0.0424. The summed E-state index contributed by atoms with van der Waals surface area (Å²) in [6.07, 6.45) is -0.218. The molecule has 0 bridgehead atoms. The summed E-state index contributed by atoms with van der Waals surface area (Å²) < 4.78 is 36.4. The van der Waals surface area contributed by atoms with Crippen LogP contribution in [0.5, 0.6) is 0 Å². The van der Waals surface area contributed by atoms with E-state index in [0.717, 1.165) is 0 Å². The molecule has 21 heavy (non-hydrogen) atoms. The molecule has 2 aromatic rings. The van der Waals surface area contributed by atoms with Crippen molar-refractivity contribution >= 4 is 9.84 Å². The van der Waals surface area contributed by atoms with Crippen molar-refractivity contribution < 1.29 is 17.9 Å². The number of benzene rings is 1. The van der Waals surface area contributed by atoms with Crippen LogP contribution in [0.3, 0.4) is 0 Å². The first-order valence-corrected chi connectivity index (χ1v) is 8.12. The number of tetrazole rings is 1. The Morgan fingerprint density at radius 1 is 1.19 bits per heavy atom. The first-order chi connectivity index (χ1) is 10.2. The van der Waals surface area contributed by atoms with Crippen LogP contribution in [0.15, 0.2) is 35.5 Å². The Balaban J connectivity index is 1.81. The average Bonchev–Trinajstić information content (AvgIpc) is 3.18. The number of aromatic nitrogens is 4. The zero-order valence-electron chi connectivity index (χ0n) is 11.1. The molecule has 112 valence electrons. The van der Waals surface area contributed by atoms with Crippen molar-refractivity contribution in [1.29, 1.82) is 0 Å². The lowest BCUT2D eigenvalue weighted by atomic mass is 10.3. The maximum Gasteiger partial charge on any atom is 0.272 e. The van der Waals surface area contributed by atoms with Gasteiger partial charge in [-0.05, 0) is 22.6 Å². The van der Waals surface area contributed by atoms with Crippen LogP contribution >= 0.6 is 0 Å². The van der Waals surface area contributed by atoms with Crippen LogP contribution in [-0.2, 0) is 19.3 Å². The van der Waals surface area contributed by atoms with E-state index in [1.807, 2.05) is 6.07 Å². The van der Waals surface area contributed by atoms with Crippen molar-refractivity contribution in [1.82, 2.24) is 20.2 Å². The summed E-state index contributed by atoms with van der Waals surface area (Å²) in [7, 11) is -3.62. The van der Waals surface area contributed by atoms with Crippen LogP contribution in [0, 0.1) is 0 Å². The molecule has 3 rings (SSSR count). The summed E-state index contributed by atoms with van der Waals surface area (Å²) in [5, 5.41) is 10.7. The molecular weight excluding hydrogens is 296 g/mol. The third-order valence-electron chi connectivity index (χ3n) is 3.03. The second kappa shape index (κ2) is 5.88. The highest BCUT2D eigenvalue weighted by Crippen LogP contribution is 2.16. The Kier molecular flexibility index (Phi) is 3.95. The van der Waals surface area contributed by atoms with E-state index in [-0.39, 0.29) is 17.3 Å². The number of ether oxygens (including phenoxy) is 2. The van der Waals surface area contributed by atoms with E-state index in [4.69, 9.17) is 9.47 Å². The molecule has 2 heterocycles. The maximum absolute atomic E-state index is 12.4. The monoisotopic (exact) mass is 310 g/mol. The molecule has 0 unspecified atom stereocenters. The highest BCUT2D eigenvalue weighted by molar-refractivity contribution is 7.91. The van der Waals surface area contributed by atoms with Gasteiger partial charge in [-0.15, -0.1) is 0 Å². The standard InChI is InChI=1S/C12H14N4O4S/c17-21(18,9-6-11-19-7-8-20-11)12-13-14-15-16(12)10-4-2-1-3-5-10/h1-5,11H,6-9H2. The molecule has 0 spiro atoms. The molecule has 1 aromatic heterocycles. The molecule has 1 aromatic carbocycles. The van der Waals surface area contributed by atoms with Crippen LogP contribution in [0.4, 0.5) is 0 Å². The highest BCUT2D eigenvalue weighted by atomic mass is 32.2. The molecule has 1 aliphatic heterocycles. The fourth-order valence-electron chi connectivity index (χ4n) is 2.02. The molecule has 0 atom stereocenters. The number of para-hydroxylation sites is 1. The van der Waals surface area contributed by atoms with Gasteiger partial charge in [-0.25, -0.2) is 8.42 Å². The zero-order valence-corrected chi connectivity index (χ0v) is 11.9. The van der Waals surface area contributed by atoms with Crippen molar-refractivity contribution in [2.45, 2.75) is 17.9 Å². The molecule has 0 aliphatic carbocycles. The Morgan fingerprint density at radius 2 is 1.90 bits per heavy atom. The minimum absolute atomic E-state index is 0.134. The normalized spacial score (nSPS) is 16.4. The van der Waals surface area contributed by atoms with Gasteiger partial charge in [0.15, 0.2) is 6.29 Å². The van der Waals surface area contributed by atoms with Gasteiger partial charge in [-0.3, -0.25) is 0 Å². The van der Waals surface area contributed by atoms with Crippen molar-refractivity contribution in [2.24, 2.45) is 0 Å². The summed E-state index contributed by atoms with van der Waals surface area (Å²) >= 11 is 0. The SMILES string of the molecule is O=S(=O)(CCC1OCCO1)c1nnnn1-c1ccccc1. The van der Waals surface area contributed by atoms with Crippen molar-refractivity contribution in [2.75, 3.05) is 19.0 Å². The van der Waals surface area contributed by atoms with Gasteiger partial charge < -0.3 is 9.47 Å². The summed E-state index contributed by atoms with van der Waals surface area (Å²) in [4.78, 5) is 0. The molecule has 1 saturated heterocycles. The number of nitrogens with zero attached hydrogens (tertiary/aromatic N) is 4. The number of sulfone groups is 1. The van der Waals surface area contributed by atoms with E-state index >= 15 is 0 Å². The van der Waals surface area contributed by atoms with Gasteiger partial charge in [0.1, 0.15) is 0 Å². The molecule has 0 radical (unpaired) electrons. The fraction of sp³-hybridized carbons (Fsp3) is 0.417. The van der Waals surface area contributed by atoms with Gasteiger partial charge in [0.05, 0.1) is 24.7 Å². The van der Waals surface area contributed by atoms with Crippen LogP contribution < -0.4 is 0 Å². The molecular formula is C12H14N4O4S. The molecule has 9 heteroatoms. The minimum atomic E-state index is -3.62. The Morgan fingerprint density at radius 3 is 2.62 bits per heavy atom. The molecule has 0 saturated carbocycles. The van der Waals surface area contributed by atoms with Crippen LogP contribution in [0.2, 0.25) is 0 Å². The summed E-state index contributed by atoms with van der Waals surface area (Å²) in [5.74, 6) is -0.134. The second-order valence-corrected chi connectivity index (χ2v) is 6.49. The predicted molar refractivity (Wildman–Crippen MR) is 71.5 cm³/mol. The van der Waals surface area contributed by atoms with Gasteiger partial charge in [0.2, 0.25) is 9.84 Å². The lowest BCUT2D eigenvalue weighted by Gasteiger charge is -2.09. The fourth-order valence-corrected chi connectivity index (χ4v) is 3.27. The van der Waals surface area contributed by atoms with E-state index in [9.17, 15) is 8.42 Å². The van der Waals surface area contributed by atoms with Gasteiger partial charge in [0, 0.05) is 6.42 Å². The van der Waals surface area contributed by atoms with E-state index in [1.165, 1.54) is 4.68 Å². The topological polar surface area (TPSA) is 96.2 Å². The molecule has 1 aliphatic rings. The van der Waals surface area contributed by atoms with E-state index in [1.54, 1.807) is 24.3 Å². The smallest absolute Gasteiger partial charge is 0.272 e. The number of hydrogen-bond acceptors (Lipinski definition) is 7. The summed E-state index contributed by atoms with van der Waals surface area (Å²) in [5.41, 5.74) is 0.592. The lowest BCUT2D eigenvalue weighted by Crippen LogP contribution is -2.19. The predicted octanol–water partition coefficient (Wildman–Crippen LogP) is 0.199. The third kappa shape index (κ3) is 3.09. The van der Waals surface area contributed by atoms with Crippen molar-refractivity contribution in [3.05, 3.63) is 30.3 Å². The van der Waals surface area contributed by atoms with Crippen molar-refractivity contribution in [3.8, 4) is 5.69 Å². The van der Waals surface area contributed by atoms with Gasteiger partial charge in [-0.2, -0.15) is 4.68 Å². The van der Waals surface area contributed by atoms with E-state index in [2.05, 4.69) is 15.5 Å².